The van der Waals surface area contributed by atoms with E-state index in [1.54, 1.807) is 36.4 Å². The zero-order chi connectivity index (χ0) is 15.8. The smallest absolute Gasteiger partial charge is 0.258 e. The van der Waals surface area contributed by atoms with Crippen molar-refractivity contribution in [1.82, 2.24) is 0 Å². The molecular formula is C18H19NO3. The number of ketones is 1. The molecule has 0 saturated heterocycles. The Morgan fingerprint density at radius 1 is 1.05 bits per heavy atom. The summed E-state index contributed by atoms with van der Waals surface area (Å²) in [5.74, 6) is -0.0511. The standard InChI is InChI=1S/C18H19NO3/c1-2-3-13-22-18(19-21)16-12-8-7-11-15(16)17(20)14-9-5-4-6-10-14/h4-12,21H,2-3,13H2,1H3. The fourth-order valence-electron chi connectivity index (χ4n) is 2.09. The lowest BCUT2D eigenvalue weighted by molar-refractivity contribution is 0.103. The van der Waals surface area contributed by atoms with Crippen molar-refractivity contribution in [3.05, 3.63) is 71.3 Å². The van der Waals surface area contributed by atoms with Gasteiger partial charge in [0, 0.05) is 11.1 Å². The molecule has 0 aliphatic rings. The third-order valence-corrected chi connectivity index (χ3v) is 3.27. The SMILES string of the molecule is CCCCOC(=NO)c1ccccc1C(=O)c1ccccc1. The van der Waals surface area contributed by atoms with Crippen molar-refractivity contribution in [3.8, 4) is 0 Å². The van der Waals surface area contributed by atoms with Crippen molar-refractivity contribution in [2.24, 2.45) is 5.16 Å². The number of nitrogens with zero attached hydrogens (tertiary/aromatic N) is 1. The molecule has 22 heavy (non-hydrogen) atoms. The quantitative estimate of drug-likeness (QED) is 0.220. The second-order valence-corrected chi connectivity index (χ2v) is 4.85. The van der Waals surface area contributed by atoms with Crippen molar-refractivity contribution >= 4 is 11.7 Å². The Balaban J connectivity index is 2.32. The molecular weight excluding hydrogens is 278 g/mol. The van der Waals surface area contributed by atoms with E-state index in [4.69, 9.17) is 4.74 Å². The number of hydrogen-bond acceptors (Lipinski definition) is 4. The zero-order valence-corrected chi connectivity index (χ0v) is 12.5. The molecule has 2 aromatic carbocycles. The van der Waals surface area contributed by atoms with Gasteiger partial charge in [0.15, 0.2) is 5.78 Å². The van der Waals surface area contributed by atoms with Crippen LogP contribution in [0.2, 0.25) is 0 Å². The number of unbranched alkanes of at least 4 members (excludes halogenated alkanes) is 1. The molecule has 0 amide bonds. The van der Waals surface area contributed by atoms with Crippen molar-refractivity contribution < 1.29 is 14.7 Å². The van der Waals surface area contributed by atoms with Gasteiger partial charge in [-0.25, -0.2) is 0 Å². The van der Waals surface area contributed by atoms with E-state index in [1.807, 2.05) is 25.1 Å². The van der Waals surface area contributed by atoms with Crippen LogP contribution in [0.15, 0.2) is 59.8 Å². The highest BCUT2D eigenvalue weighted by Crippen LogP contribution is 2.16. The maximum absolute atomic E-state index is 12.6. The van der Waals surface area contributed by atoms with E-state index >= 15 is 0 Å². The average Bonchev–Trinajstić information content (AvgIpc) is 2.59. The average molecular weight is 297 g/mol. The lowest BCUT2D eigenvalue weighted by atomic mass is 9.98. The van der Waals surface area contributed by atoms with Gasteiger partial charge in [-0.15, -0.1) is 0 Å². The van der Waals surface area contributed by atoms with Crippen LogP contribution in [0.4, 0.5) is 0 Å². The molecule has 0 atom stereocenters. The molecule has 2 aromatic rings. The molecule has 0 aliphatic carbocycles. The number of carbonyl (C=O) groups excluding carboxylic acids is 1. The molecule has 4 heteroatoms. The third kappa shape index (κ3) is 3.73. The summed E-state index contributed by atoms with van der Waals surface area (Å²) >= 11 is 0. The van der Waals surface area contributed by atoms with Gasteiger partial charge in [0.25, 0.3) is 5.90 Å². The topological polar surface area (TPSA) is 58.9 Å². The van der Waals surface area contributed by atoms with Crippen LogP contribution in [0, 0.1) is 0 Å². The number of rotatable bonds is 6. The molecule has 114 valence electrons. The molecule has 4 nitrogen and oxygen atoms in total. The molecule has 1 N–H and O–H groups in total. The van der Waals surface area contributed by atoms with Crippen molar-refractivity contribution in [2.75, 3.05) is 6.61 Å². The monoisotopic (exact) mass is 297 g/mol. The van der Waals surface area contributed by atoms with Gasteiger partial charge in [-0.2, -0.15) is 0 Å². The lowest BCUT2D eigenvalue weighted by Crippen LogP contribution is -2.14. The van der Waals surface area contributed by atoms with Crippen LogP contribution in [0.25, 0.3) is 0 Å². The first kappa shape index (κ1) is 15.8. The highest BCUT2D eigenvalue weighted by Gasteiger charge is 2.17. The Labute approximate surface area is 130 Å². The number of oxime groups is 1. The first-order valence-electron chi connectivity index (χ1n) is 7.32. The van der Waals surface area contributed by atoms with Crippen LogP contribution in [-0.4, -0.2) is 23.5 Å². The number of hydrogen-bond donors (Lipinski definition) is 1. The Morgan fingerprint density at radius 2 is 1.68 bits per heavy atom. The summed E-state index contributed by atoms with van der Waals surface area (Å²) in [5, 5.41) is 12.4. The highest BCUT2D eigenvalue weighted by atomic mass is 16.5. The fourth-order valence-corrected chi connectivity index (χ4v) is 2.09. The molecule has 2 rings (SSSR count). The molecule has 0 aliphatic heterocycles. The fraction of sp³-hybridized carbons (Fsp3) is 0.222. The third-order valence-electron chi connectivity index (χ3n) is 3.27. The zero-order valence-electron chi connectivity index (χ0n) is 12.5. The summed E-state index contributed by atoms with van der Waals surface area (Å²) in [5.41, 5.74) is 1.54. The molecule has 0 bridgehead atoms. The largest absolute Gasteiger partial charge is 0.475 e. The van der Waals surface area contributed by atoms with E-state index in [1.165, 1.54) is 0 Å². The normalized spacial score (nSPS) is 11.2. The Hall–Kier alpha value is -2.62. The Bertz CT molecular complexity index is 650. The summed E-state index contributed by atoms with van der Waals surface area (Å²) in [6.45, 7) is 2.50. The summed E-state index contributed by atoms with van der Waals surface area (Å²) in [6, 6.07) is 16.0. The van der Waals surface area contributed by atoms with Crippen LogP contribution in [0.1, 0.15) is 41.3 Å². The minimum Gasteiger partial charge on any atom is -0.475 e. The molecule has 0 radical (unpaired) electrons. The summed E-state index contributed by atoms with van der Waals surface area (Å²) < 4.78 is 5.49. The van der Waals surface area contributed by atoms with Crippen LogP contribution >= 0.6 is 0 Å². The summed E-state index contributed by atoms with van der Waals surface area (Å²) in [4.78, 5) is 12.6. The maximum Gasteiger partial charge on any atom is 0.258 e. The predicted octanol–water partition coefficient (Wildman–Crippen LogP) is 3.87. The van der Waals surface area contributed by atoms with Gasteiger partial charge in [0.1, 0.15) is 0 Å². The van der Waals surface area contributed by atoms with E-state index in [0.29, 0.717) is 23.3 Å². The van der Waals surface area contributed by atoms with Crippen molar-refractivity contribution in [1.29, 1.82) is 0 Å². The van der Waals surface area contributed by atoms with Gasteiger partial charge in [-0.05, 0) is 17.6 Å². The van der Waals surface area contributed by atoms with E-state index in [0.717, 1.165) is 12.8 Å². The maximum atomic E-state index is 12.6. The molecule has 0 heterocycles. The molecule has 0 aromatic heterocycles. The van der Waals surface area contributed by atoms with Gasteiger partial charge in [0.2, 0.25) is 0 Å². The minimum absolute atomic E-state index is 0.0772. The van der Waals surface area contributed by atoms with E-state index in [9.17, 15) is 10.0 Å². The Kier molecular flexibility index (Phi) is 5.72. The molecule has 0 unspecified atom stereocenters. The van der Waals surface area contributed by atoms with Gasteiger partial charge < -0.3 is 9.94 Å². The second-order valence-electron chi connectivity index (χ2n) is 4.85. The van der Waals surface area contributed by atoms with Crippen LogP contribution in [0.3, 0.4) is 0 Å². The highest BCUT2D eigenvalue weighted by molar-refractivity contribution is 6.15. The first-order chi connectivity index (χ1) is 10.8. The predicted molar refractivity (Wildman–Crippen MR) is 85.5 cm³/mol. The van der Waals surface area contributed by atoms with E-state index in [2.05, 4.69) is 5.16 Å². The van der Waals surface area contributed by atoms with Crippen LogP contribution < -0.4 is 0 Å². The molecule has 0 spiro atoms. The number of benzene rings is 2. The minimum atomic E-state index is -0.128. The van der Waals surface area contributed by atoms with Crippen molar-refractivity contribution in [2.45, 2.75) is 19.8 Å². The lowest BCUT2D eigenvalue weighted by Gasteiger charge is -2.11. The summed E-state index contributed by atoms with van der Waals surface area (Å²) in [7, 11) is 0. The van der Waals surface area contributed by atoms with Gasteiger partial charge in [-0.1, -0.05) is 61.9 Å². The van der Waals surface area contributed by atoms with Crippen LogP contribution in [-0.2, 0) is 4.74 Å². The molecule has 0 saturated carbocycles. The van der Waals surface area contributed by atoms with Gasteiger partial charge in [-0.3, -0.25) is 4.79 Å². The molecule has 0 fully saturated rings. The Morgan fingerprint density at radius 3 is 2.32 bits per heavy atom. The van der Waals surface area contributed by atoms with Gasteiger partial charge >= 0.3 is 0 Å². The van der Waals surface area contributed by atoms with E-state index < -0.39 is 0 Å². The number of ether oxygens (including phenoxy) is 1. The van der Waals surface area contributed by atoms with E-state index in [-0.39, 0.29) is 11.7 Å². The summed E-state index contributed by atoms with van der Waals surface area (Å²) in [6.07, 6.45) is 1.83. The van der Waals surface area contributed by atoms with Gasteiger partial charge in [0.05, 0.1) is 12.2 Å². The van der Waals surface area contributed by atoms with Crippen molar-refractivity contribution in [3.63, 3.8) is 0 Å². The second kappa shape index (κ2) is 7.98. The first-order valence-corrected chi connectivity index (χ1v) is 7.32. The number of carbonyl (C=O) groups is 1. The van der Waals surface area contributed by atoms with Crippen LogP contribution in [0.5, 0.6) is 0 Å².